The lowest BCUT2D eigenvalue weighted by molar-refractivity contribution is -0.122. The van der Waals surface area contributed by atoms with Crippen LogP contribution in [0, 0.1) is 5.82 Å². The number of aromatic hydroxyl groups is 1. The van der Waals surface area contributed by atoms with E-state index in [1.807, 2.05) is 24.3 Å². The summed E-state index contributed by atoms with van der Waals surface area (Å²) in [5.41, 5.74) is 7.93. The van der Waals surface area contributed by atoms with Gasteiger partial charge in [-0.25, -0.2) is 4.39 Å². The molecule has 0 saturated heterocycles. The summed E-state index contributed by atoms with van der Waals surface area (Å²) in [7, 11) is 0. The molecule has 4 rings (SSSR count). The number of amides is 1. The summed E-state index contributed by atoms with van der Waals surface area (Å²) in [5, 5.41) is 17.1. The zero-order valence-electron chi connectivity index (χ0n) is 19.6. The number of para-hydroxylation sites is 1. The maximum Gasteiger partial charge on any atom is 0.236 e. The summed E-state index contributed by atoms with van der Waals surface area (Å²) in [6.45, 7) is 2.98. The normalized spacial score (nSPS) is 18.8. The van der Waals surface area contributed by atoms with Crippen molar-refractivity contribution < 1.29 is 19.1 Å². The number of aromatic nitrogens is 1. The average molecular weight is 499 g/mol. The van der Waals surface area contributed by atoms with Gasteiger partial charge in [0.1, 0.15) is 0 Å². The number of nitrogens with zero attached hydrogens (tertiary/aromatic N) is 1. The molecular weight excluding hydrogens is 471 g/mol. The third-order valence-corrected chi connectivity index (χ3v) is 6.82. The third-order valence-electron chi connectivity index (χ3n) is 6.45. The van der Waals surface area contributed by atoms with Crippen LogP contribution in [-0.2, 0) is 4.79 Å². The lowest BCUT2D eigenvalue weighted by Gasteiger charge is -2.31. The molecule has 3 aromatic rings. The van der Waals surface area contributed by atoms with Gasteiger partial charge >= 0.3 is 0 Å². The van der Waals surface area contributed by atoms with Gasteiger partial charge in [0.2, 0.25) is 5.91 Å². The molecule has 0 aliphatic heterocycles. The molecular formula is C26H28ClFN4O3. The molecule has 1 fully saturated rings. The van der Waals surface area contributed by atoms with Gasteiger partial charge in [0.25, 0.3) is 0 Å². The van der Waals surface area contributed by atoms with Crippen LogP contribution in [0.5, 0.6) is 5.75 Å². The summed E-state index contributed by atoms with van der Waals surface area (Å²) in [6.07, 6.45) is 4.75. The molecule has 0 radical (unpaired) electrons. The van der Waals surface area contributed by atoms with E-state index in [-0.39, 0.29) is 34.1 Å². The molecule has 184 valence electrons. The molecule has 5 N–H and O–H groups in total. The molecule has 1 saturated carbocycles. The summed E-state index contributed by atoms with van der Waals surface area (Å²) < 4.78 is 14.5. The highest BCUT2D eigenvalue weighted by Crippen LogP contribution is 2.42. The standard InChI is InChI=1S/C26H28ClFN4O3/c1-13(29)26(35)32-16-9-7-15(8-10-16)31-24-17-5-3-4-6-21(17)30-12-19(24)18-11-20(28)25(34)23(27)22(18)14(2)33/h3-6,11-13,15-16,34H,7-10,29H2,1-2H3,(H,30,31)(H,32,35)/t13-,15?,16?/m0/s1. The number of benzene rings is 2. The number of rotatable bonds is 6. The topological polar surface area (TPSA) is 117 Å². The molecule has 7 nitrogen and oxygen atoms in total. The Bertz CT molecular complexity index is 1290. The van der Waals surface area contributed by atoms with E-state index >= 15 is 0 Å². The highest BCUT2D eigenvalue weighted by Gasteiger charge is 2.27. The van der Waals surface area contributed by atoms with Crippen LogP contribution in [0.2, 0.25) is 5.02 Å². The Labute approximate surface area is 207 Å². The number of nitrogens with one attached hydrogen (secondary N) is 2. The van der Waals surface area contributed by atoms with Crippen LogP contribution in [0.25, 0.3) is 22.0 Å². The van der Waals surface area contributed by atoms with E-state index in [2.05, 4.69) is 15.6 Å². The predicted octanol–water partition coefficient (Wildman–Crippen LogP) is 4.79. The summed E-state index contributed by atoms with van der Waals surface area (Å²) >= 11 is 6.20. The average Bonchev–Trinajstić information content (AvgIpc) is 2.83. The van der Waals surface area contributed by atoms with Crippen molar-refractivity contribution >= 4 is 39.9 Å². The maximum atomic E-state index is 14.5. The monoisotopic (exact) mass is 498 g/mol. The van der Waals surface area contributed by atoms with E-state index in [4.69, 9.17) is 17.3 Å². The van der Waals surface area contributed by atoms with Crippen molar-refractivity contribution in [1.82, 2.24) is 10.3 Å². The predicted molar refractivity (Wildman–Crippen MR) is 135 cm³/mol. The van der Waals surface area contributed by atoms with Crippen molar-refractivity contribution in [2.45, 2.75) is 57.7 Å². The van der Waals surface area contributed by atoms with E-state index < -0.39 is 23.4 Å². The van der Waals surface area contributed by atoms with E-state index in [1.54, 1.807) is 13.1 Å². The molecule has 1 aliphatic rings. The molecule has 0 spiro atoms. The largest absolute Gasteiger partial charge is 0.504 e. The first-order valence-electron chi connectivity index (χ1n) is 11.6. The van der Waals surface area contributed by atoms with Gasteiger partial charge < -0.3 is 21.5 Å². The SMILES string of the molecule is CC(=O)c1c(-c2cnc3ccccc3c2NC2CCC(NC(=O)[C@H](C)N)CC2)cc(F)c(O)c1Cl. The number of carbonyl (C=O) groups is 2. The Balaban J connectivity index is 1.72. The molecule has 1 heterocycles. The number of phenols is 1. The van der Waals surface area contributed by atoms with Crippen molar-refractivity contribution in [3.63, 3.8) is 0 Å². The van der Waals surface area contributed by atoms with Crippen LogP contribution in [0.15, 0.2) is 36.5 Å². The lowest BCUT2D eigenvalue weighted by atomic mass is 9.89. The maximum absolute atomic E-state index is 14.5. The highest BCUT2D eigenvalue weighted by atomic mass is 35.5. The Morgan fingerprint density at radius 2 is 1.83 bits per heavy atom. The smallest absolute Gasteiger partial charge is 0.236 e. The first-order valence-corrected chi connectivity index (χ1v) is 12.0. The first-order chi connectivity index (χ1) is 16.7. The number of nitrogens with two attached hydrogens (primary N) is 1. The quantitative estimate of drug-likeness (QED) is 0.363. The Morgan fingerprint density at radius 3 is 2.49 bits per heavy atom. The van der Waals surface area contributed by atoms with Gasteiger partial charge in [-0.05, 0) is 51.7 Å². The van der Waals surface area contributed by atoms with Crippen LogP contribution in [0.3, 0.4) is 0 Å². The molecule has 1 aromatic heterocycles. The minimum atomic E-state index is -0.917. The highest BCUT2D eigenvalue weighted by molar-refractivity contribution is 6.36. The molecule has 9 heteroatoms. The molecule has 35 heavy (non-hydrogen) atoms. The van der Waals surface area contributed by atoms with Crippen molar-refractivity contribution in [3.8, 4) is 16.9 Å². The number of halogens is 2. The molecule has 0 unspecified atom stereocenters. The van der Waals surface area contributed by atoms with E-state index in [0.29, 0.717) is 11.3 Å². The zero-order valence-corrected chi connectivity index (χ0v) is 20.3. The number of ketones is 1. The van der Waals surface area contributed by atoms with Crippen molar-refractivity contribution in [3.05, 3.63) is 52.9 Å². The number of pyridine rings is 1. The van der Waals surface area contributed by atoms with Crippen molar-refractivity contribution in [2.75, 3.05) is 5.32 Å². The number of carbonyl (C=O) groups excluding carboxylic acids is 2. The minimum absolute atomic E-state index is 0.0352. The van der Waals surface area contributed by atoms with Crippen LogP contribution in [-0.4, -0.2) is 39.9 Å². The van der Waals surface area contributed by atoms with Crippen molar-refractivity contribution in [1.29, 1.82) is 0 Å². The Kier molecular flexibility index (Phi) is 7.23. The van der Waals surface area contributed by atoms with Gasteiger partial charge in [-0.3, -0.25) is 14.6 Å². The fourth-order valence-corrected chi connectivity index (χ4v) is 4.91. The molecule has 1 atom stereocenters. The number of fused-ring (bicyclic) bond motifs is 1. The van der Waals surface area contributed by atoms with E-state index in [0.717, 1.165) is 42.7 Å². The third kappa shape index (κ3) is 5.09. The van der Waals surface area contributed by atoms with Gasteiger partial charge in [0, 0.05) is 40.4 Å². The second kappa shape index (κ2) is 10.2. The van der Waals surface area contributed by atoms with E-state index in [1.165, 1.54) is 6.92 Å². The summed E-state index contributed by atoms with van der Waals surface area (Å²) in [6, 6.07) is 8.27. The summed E-state index contributed by atoms with van der Waals surface area (Å²) in [5.74, 6) is -2.23. The number of phenolic OH excluding ortho intramolecular Hbond substituents is 1. The fourth-order valence-electron chi connectivity index (χ4n) is 4.59. The zero-order chi connectivity index (χ0) is 25.3. The van der Waals surface area contributed by atoms with E-state index in [9.17, 15) is 19.1 Å². The number of anilines is 1. The number of hydrogen-bond acceptors (Lipinski definition) is 6. The second-order valence-corrected chi connectivity index (χ2v) is 9.43. The van der Waals surface area contributed by atoms with Crippen LogP contribution < -0.4 is 16.4 Å². The molecule has 0 bridgehead atoms. The van der Waals surface area contributed by atoms with Crippen LogP contribution >= 0.6 is 11.6 Å². The van der Waals surface area contributed by atoms with Gasteiger partial charge in [-0.2, -0.15) is 0 Å². The van der Waals surface area contributed by atoms with Crippen molar-refractivity contribution in [2.24, 2.45) is 5.73 Å². The number of hydrogen-bond donors (Lipinski definition) is 4. The second-order valence-electron chi connectivity index (χ2n) is 9.05. The fraction of sp³-hybridized carbons (Fsp3) is 0.346. The van der Waals surface area contributed by atoms with Crippen LogP contribution in [0.1, 0.15) is 49.9 Å². The molecule has 1 amide bonds. The molecule has 1 aliphatic carbocycles. The van der Waals surface area contributed by atoms with Gasteiger partial charge in [0.15, 0.2) is 17.3 Å². The minimum Gasteiger partial charge on any atom is -0.504 e. The molecule has 2 aromatic carbocycles. The lowest BCUT2D eigenvalue weighted by Crippen LogP contribution is -2.46. The Hall–Kier alpha value is -3.23. The van der Waals surface area contributed by atoms with Crippen LogP contribution in [0.4, 0.5) is 10.1 Å². The summed E-state index contributed by atoms with van der Waals surface area (Å²) in [4.78, 5) is 28.9. The first kappa shape index (κ1) is 24.9. The van der Waals surface area contributed by atoms with Gasteiger partial charge in [-0.15, -0.1) is 0 Å². The number of Topliss-reactive ketones (excluding diaryl/α,β-unsaturated/α-hetero) is 1. The Morgan fingerprint density at radius 1 is 1.17 bits per heavy atom. The van der Waals surface area contributed by atoms with Gasteiger partial charge in [0.05, 0.1) is 22.3 Å². The van der Waals surface area contributed by atoms with Gasteiger partial charge in [-0.1, -0.05) is 29.8 Å².